The van der Waals surface area contributed by atoms with Gasteiger partial charge in [0.05, 0.1) is 5.69 Å². The lowest BCUT2D eigenvalue weighted by Crippen LogP contribution is -2.49. The quantitative estimate of drug-likeness (QED) is 0.761. The number of amides is 1. The van der Waals surface area contributed by atoms with Gasteiger partial charge in [-0.25, -0.2) is 4.39 Å². The summed E-state index contributed by atoms with van der Waals surface area (Å²) in [7, 11) is 4.06. The molecule has 128 valence electrons. The number of halogens is 1. The lowest BCUT2D eigenvalue weighted by molar-refractivity contribution is -0.131. The fraction of sp³-hybridized carbons (Fsp3) is 0.588. The largest absolute Gasteiger partial charge is 0.366 e. The second kappa shape index (κ2) is 8.84. The summed E-state index contributed by atoms with van der Waals surface area (Å²) < 4.78 is 13.8. The normalized spacial score (nSPS) is 15.3. The zero-order valence-corrected chi connectivity index (χ0v) is 14.1. The van der Waals surface area contributed by atoms with Crippen molar-refractivity contribution in [2.24, 2.45) is 0 Å². The Morgan fingerprint density at radius 3 is 2.52 bits per heavy atom. The summed E-state index contributed by atoms with van der Waals surface area (Å²) in [5.74, 6) is -0.0205. The van der Waals surface area contributed by atoms with E-state index in [9.17, 15) is 9.18 Å². The standard InChI is InChI=1S/C17H27FN4O/c1-20(2)10-9-19-8-7-17(23)22-13-11-21(12-14-22)16-6-4-3-5-15(16)18/h3-6,19H,7-14H2,1-2H3. The summed E-state index contributed by atoms with van der Waals surface area (Å²) in [5, 5.41) is 3.28. The van der Waals surface area contributed by atoms with Crippen LogP contribution in [-0.2, 0) is 4.79 Å². The monoisotopic (exact) mass is 322 g/mol. The van der Waals surface area contributed by atoms with E-state index in [1.165, 1.54) is 6.07 Å². The molecular weight excluding hydrogens is 295 g/mol. The van der Waals surface area contributed by atoms with Crippen LogP contribution in [0.15, 0.2) is 24.3 Å². The fourth-order valence-electron chi connectivity index (χ4n) is 2.69. The minimum atomic E-state index is -0.197. The highest BCUT2D eigenvalue weighted by atomic mass is 19.1. The Morgan fingerprint density at radius 2 is 1.87 bits per heavy atom. The Kier molecular flexibility index (Phi) is 6.80. The fourth-order valence-corrected chi connectivity index (χ4v) is 2.69. The van der Waals surface area contributed by atoms with Crippen LogP contribution in [0.3, 0.4) is 0 Å². The van der Waals surface area contributed by atoms with E-state index >= 15 is 0 Å². The number of hydrogen-bond donors (Lipinski definition) is 1. The number of rotatable bonds is 7. The molecule has 2 rings (SSSR count). The second-order valence-corrected chi connectivity index (χ2v) is 6.12. The maximum absolute atomic E-state index is 13.8. The molecule has 1 aromatic rings. The van der Waals surface area contributed by atoms with Gasteiger partial charge in [-0.2, -0.15) is 0 Å². The molecule has 1 aliphatic heterocycles. The van der Waals surface area contributed by atoms with Crippen molar-refractivity contribution in [3.63, 3.8) is 0 Å². The number of anilines is 1. The molecule has 0 aliphatic carbocycles. The molecule has 23 heavy (non-hydrogen) atoms. The number of nitrogens with zero attached hydrogens (tertiary/aromatic N) is 3. The molecule has 0 unspecified atom stereocenters. The molecule has 1 amide bonds. The van der Waals surface area contributed by atoms with Gasteiger partial charge in [0.1, 0.15) is 5.82 Å². The number of piperazine rings is 1. The van der Waals surface area contributed by atoms with Crippen molar-refractivity contribution in [1.29, 1.82) is 0 Å². The van der Waals surface area contributed by atoms with Gasteiger partial charge in [-0.15, -0.1) is 0 Å². The molecule has 0 aromatic heterocycles. The van der Waals surface area contributed by atoms with Crippen LogP contribution >= 0.6 is 0 Å². The van der Waals surface area contributed by atoms with Crippen molar-refractivity contribution >= 4 is 11.6 Å². The third kappa shape index (κ3) is 5.48. The number of benzene rings is 1. The molecule has 6 heteroatoms. The van der Waals surface area contributed by atoms with Gasteiger partial charge in [0.25, 0.3) is 0 Å². The Morgan fingerprint density at radius 1 is 1.17 bits per heavy atom. The Hall–Kier alpha value is -1.66. The van der Waals surface area contributed by atoms with Crippen LogP contribution in [0.1, 0.15) is 6.42 Å². The number of carbonyl (C=O) groups excluding carboxylic acids is 1. The molecule has 0 spiro atoms. The van der Waals surface area contributed by atoms with E-state index in [1.807, 2.05) is 30.0 Å². The highest BCUT2D eigenvalue weighted by Gasteiger charge is 2.22. The summed E-state index contributed by atoms with van der Waals surface area (Å²) in [4.78, 5) is 18.2. The predicted molar refractivity (Wildman–Crippen MR) is 91.2 cm³/mol. The zero-order chi connectivity index (χ0) is 16.7. The van der Waals surface area contributed by atoms with E-state index in [2.05, 4.69) is 10.2 Å². The van der Waals surface area contributed by atoms with Gasteiger partial charge in [0.2, 0.25) is 5.91 Å². The van der Waals surface area contributed by atoms with Crippen molar-refractivity contribution in [1.82, 2.24) is 15.1 Å². The molecule has 1 saturated heterocycles. The van der Waals surface area contributed by atoms with Crippen LogP contribution in [0, 0.1) is 5.82 Å². The maximum atomic E-state index is 13.8. The molecule has 1 aromatic carbocycles. The van der Waals surface area contributed by atoms with Crippen LogP contribution in [-0.4, -0.2) is 75.6 Å². The average molecular weight is 322 g/mol. The summed E-state index contributed by atoms with van der Waals surface area (Å²) >= 11 is 0. The first kappa shape index (κ1) is 17.7. The summed E-state index contributed by atoms with van der Waals surface area (Å²) in [6.45, 7) is 5.24. The van der Waals surface area contributed by atoms with E-state index in [0.717, 1.165) is 13.1 Å². The molecule has 1 heterocycles. The first-order valence-corrected chi connectivity index (χ1v) is 8.20. The number of carbonyl (C=O) groups is 1. The third-order valence-corrected chi connectivity index (χ3v) is 4.08. The van der Waals surface area contributed by atoms with Crippen molar-refractivity contribution in [3.05, 3.63) is 30.1 Å². The van der Waals surface area contributed by atoms with Crippen molar-refractivity contribution in [2.75, 3.05) is 64.8 Å². The molecular formula is C17H27FN4O. The lowest BCUT2D eigenvalue weighted by atomic mass is 10.2. The number of likely N-dealkylation sites (N-methyl/N-ethyl adjacent to an activating group) is 1. The smallest absolute Gasteiger partial charge is 0.223 e. The van der Waals surface area contributed by atoms with Crippen molar-refractivity contribution < 1.29 is 9.18 Å². The van der Waals surface area contributed by atoms with Crippen LogP contribution in [0.2, 0.25) is 0 Å². The van der Waals surface area contributed by atoms with Gasteiger partial charge in [-0.05, 0) is 26.2 Å². The van der Waals surface area contributed by atoms with Gasteiger partial charge in [-0.1, -0.05) is 12.1 Å². The van der Waals surface area contributed by atoms with Crippen molar-refractivity contribution in [3.8, 4) is 0 Å². The number of nitrogens with one attached hydrogen (secondary N) is 1. The minimum absolute atomic E-state index is 0.176. The number of hydrogen-bond acceptors (Lipinski definition) is 4. The van der Waals surface area contributed by atoms with Gasteiger partial charge in [-0.3, -0.25) is 4.79 Å². The Balaban J connectivity index is 1.70. The van der Waals surface area contributed by atoms with Crippen LogP contribution in [0.25, 0.3) is 0 Å². The zero-order valence-electron chi connectivity index (χ0n) is 14.1. The molecule has 0 radical (unpaired) electrons. The summed E-state index contributed by atoms with van der Waals surface area (Å²) in [6.07, 6.45) is 0.521. The molecule has 0 bridgehead atoms. The van der Waals surface area contributed by atoms with Crippen molar-refractivity contribution in [2.45, 2.75) is 6.42 Å². The molecule has 0 atom stereocenters. The molecule has 5 nitrogen and oxygen atoms in total. The van der Waals surface area contributed by atoms with E-state index in [-0.39, 0.29) is 11.7 Å². The molecule has 0 saturated carbocycles. The topological polar surface area (TPSA) is 38.8 Å². The van der Waals surface area contributed by atoms with Crippen LogP contribution < -0.4 is 10.2 Å². The average Bonchev–Trinajstić information content (AvgIpc) is 2.55. The lowest BCUT2D eigenvalue weighted by Gasteiger charge is -2.36. The van der Waals surface area contributed by atoms with E-state index in [0.29, 0.717) is 44.8 Å². The van der Waals surface area contributed by atoms with Gasteiger partial charge in [0.15, 0.2) is 0 Å². The third-order valence-electron chi connectivity index (χ3n) is 4.08. The maximum Gasteiger partial charge on any atom is 0.223 e. The van der Waals surface area contributed by atoms with Gasteiger partial charge in [0, 0.05) is 52.2 Å². The van der Waals surface area contributed by atoms with E-state index in [1.54, 1.807) is 12.1 Å². The molecule has 1 N–H and O–H groups in total. The second-order valence-electron chi connectivity index (χ2n) is 6.12. The van der Waals surface area contributed by atoms with Gasteiger partial charge < -0.3 is 20.0 Å². The van der Waals surface area contributed by atoms with E-state index in [4.69, 9.17) is 0 Å². The summed E-state index contributed by atoms with van der Waals surface area (Å²) in [5.41, 5.74) is 0.630. The molecule has 1 aliphatic rings. The van der Waals surface area contributed by atoms with Crippen LogP contribution in [0.5, 0.6) is 0 Å². The minimum Gasteiger partial charge on any atom is -0.366 e. The SMILES string of the molecule is CN(C)CCNCCC(=O)N1CCN(c2ccccc2F)CC1. The van der Waals surface area contributed by atoms with E-state index < -0.39 is 0 Å². The highest BCUT2D eigenvalue weighted by Crippen LogP contribution is 2.20. The Labute approximate surface area is 138 Å². The van der Waals surface area contributed by atoms with Gasteiger partial charge >= 0.3 is 0 Å². The van der Waals surface area contributed by atoms with Crippen LogP contribution in [0.4, 0.5) is 10.1 Å². The summed E-state index contributed by atoms with van der Waals surface area (Å²) in [6, 6.07) is 6.81. The molecule has 1 fully saturated rings. The number of para-hydroxylation sites is 1. The predicted octanol–water partition coefficient (Wildman–Crippen LogP) is 1.02. The first-order valence-electron chi connectivity index (χ1n) is 8.20. The highest BCUT2D eigenvalue weighted by molar-refractivity contribution is 5.76. The first-order chi connectivity index (χ1) is 11.1. The Bertz CT molecular complexity index is 501.